The van der Waals surface area contributed by atoms with Crippen LogP contribution in [-0.2, 0) is 0 Å². The van der Waals surface area contributed by atoms with Gasteiger partial charge in [0.1, 0.15) is 0 Å². The highest BCUT2D eigenvalue weighted by Gasteiger charge is 2.39. The lowest BCUT2D eigenvalue weighted by Crippen LogP contribution is -2.63. The lowest BCUT2D eigenvalue weighted by atomic mass is 9.77. The summed E-state index contributed by atoms with van der Waals surface area (Å²) in [5.74, 6) is 0. The van der Waals surface area contributed by atoms with Crippen LogP contribution in [0.5, 0.6) is 0 Å². The van der Waals surface area contributed by atoms with Crippen molar-refractivity contribution in [3.05, 3.63) is 0 Å². The zero-order valence-corrected chi connectivity index (χ0v) is 10.6. The number of amides is 2. The second kappa shape index (κ2) is 4.59. The topological polar surface area (TPSA) is 73.4 Å². The highest BCUT2D eigenvalue weighted by molar-refractivity contribution is 5.72. The van der Waals surface area contributed by atoms with Gasteiger partial charge in [0.15, 0.2) is 0 Å². The van der Waals surface area contributed by atoms with E-state index in [1.165, 1.54) is 0 Å². The van der Waals surface area contributed by atoms with E-state index in [0.717, 1.165) is 19.3 Å². The van der Waals surface area contributed by atoms with Crippen molar-refractivity contribution in [2.24, 2.45) is 0 Å². The molecule has 1 aliphatic rings. The maximum absolute atomic E-state index is 11.1. The Bertz CT molecular complexity index is 268. The van der Waals surface area contributed by atoms with Gasteiger partial charge in [-0.05, 0) is 40.0 Å². The molecule has 94 valence electrons. The molecule has 1 saturated heterocycles. The summed E-state index contributed by atoms with van der Waals surface area (Å²) in [6.45, 7) is 8.56. The molecular weight excluding hydrogens is 206 g/mol. The normalized spacial score (nSPS) is 33.2. The fraction of sp³-hybridized carbons (Fsp3) is 0.909. The number of nitrogens with one attached hydrogen (secondary N) is 3. The van der Waals surface area contributed by atoms with Crippen LogP contribution in [0.25, 0.3) is 0 Å². The largest absolute Gasteiger partial charge is 0.338 e. The van der Waals surface area contributed by atoms with Crippen molar-refractivity contribution in [2.75, 3.05) is 0 Å². The van der Waals surface area contributed by atoms with Crippen molar-refractivity contribution in [1.82, 2.24) is 16.1 Å². The van der Waals surface area contributed by atoms with Crippen LogP contribution in [-0.4, -0.2) is 28.4 Å². The molecule has 0 spiro atoms. The van der Waals surface area contributed by atoms with Gasteiger partial charge in [0.25, 0.3) is 0 Å². The fourth-order valence-electron chi connectivity index (χ4n) is 2.70. The van der Waals surface area contributed by atoms with Gasteiger partial charge in [0.05, 0.1) is 0 Å². The van der Waals surface area contributed by atoms with Crippen LogP contribution in [0.4, 0.5) is 4.79 Å². The minimum atomic E-state index is -0.527. The molecule has 5 heteroatoms. The summed E-state index contributed by atoms with van der Waals surface area (Å²) in [6.07, 6.45) is 2.74. The first-order chi connectivity index (χ1) is 7.30. The summed E-state index contributed by atoms with van der Waals surface area (Å²) >= 11 is 0. The van der Waals surface area contributed by atoms with E-state index in [1.807, 2.05) is 0 Å². The van der Waals surface area contributed by atoms with Crippen LogP contribution in [0.2, 0.25) is 0 Å². The molecular formula is C11H23N3O2. The van der Waals surface area contributed by atoms with Crippen LogP contribution < -0.4 is 16.1 Å². The van der Waals surface area contributed by atoms with Gasteiger partial charge >= 0.3 is 6.03 Å². The minimum absolute atomic E-state index is 0.00356. The number of rotatable bonds is 2. The van der Waals surface area contributed by atoms with E-state index >= 15 is 0 Å². The predicted molar refractivity (Wildman–Crippen MR) is 62.4 cm³/mol. The number of urea groups is 1. The van der Waals surface area contributed by atoms with Crippen LogP contribution in [0, 0.1) is 0 Å². The minimum Gasteiger partial charge on any atom is -0.334 e. The van der Waals surface area contributed by atoms with Gasteiger partial charge in [-0.3, -0.25) is 5.21 Å². The molecule has 0 aromatic carbocycles. The van der Waals surface area contributed by atoms with Crippen molar-refractivity contribution in [3.8, 4) is 0 Å². The Balaban J connectivity index is 2.69. The van der Waals surface area contributed by atoms with Gasteiger partial charge < -0.3 is 10.6 Å². The van der Waals surface area contributed by atoms with Crippen molar-refractivity contribution in [1.29, 1.82) is 0 Å². The van der Waals surface area contributed by atoms with Crippen molar-refractivity contribution in [3.63, 3.8) is 0 Å². The summed E-state index contributed by atoms with van der Waals surface area (Å²) in [6, 6.07) is -0.436. The third-order valence-electron chi connectivity index (χ3n) is 3.31. The molecule has 0 aromatic heterocycles. The van der Waals surface area contributed by atoms with Crippen LogP contribution >= 0.6 is 0 Å². The number of piperidine rings is 1. The molecule has 5 nitrogen and oxygen atoms in total. The fourth-order valence-corrected chi connectivity index (χ4v) is 2.70. The van der Waals surface area contributed by atoms with Crippen LogP contribution in [0.15, 0.2) is 0 Å². The zero-order valence-electron chi connectivity index (χ0n) is 10.6. The number of carbonyl (C=O) groups excluding carboxylic acids is 1. The highest BCUT2D eigenvalue weighted by atomic mass is 16.5. The second-order valence-electron chi connectivity index (χ2n) is 5.61. The average Bonchev–Trinajstić information content (AvgIpc) is 2.14. The van der Waals surface area contributed by atoms with E-state index in [9.17, 15) is 4.79 Å². The summed E-state index contributed by atoms with van der Waals surface area (Å²) in [4.78, 5) is 11.1. The molecule has 2 unspecified atom stereocenters. The molecule has 16 heavy (non-hydrogen) atoms. The summed E-state index contributed by atoms with van der Waals surface area (Å²) in [7, 11) is 0. The Kier molecular flexibility index (Phi) is 3.80. The molecule has 1 heterocycles. The van der Waals surface area contributed by atoms with Crippen molar-refractivity contribution in [2.45, 2.75) is 64.1 Å². The standard InChI is InChI=1S/C11H23N3O2/c1-5-11(4)7-8(12-9(15)13-16)6-10(2,3)14-11/h8,14,16H,5-7H2,1-4H3,(H2,12,13,15). The molecule has 2 amide bonds. The maximum atomic E-state index is 11.1. The highest BCUT2D eigenvalue weighted by Crippen LogP contribution is 2.30. The molecule has 2 atom stereocenters. The Hall–Kier alpha value is -0.810. The van der Waals surface area contributed by atoms with Gasteiger partial charge in [0, 0.05) is 17.1 Å². The third kappa shape index (κ3) is 3.35. The Labute approximate surface area is 96.9 Å². The molecule has 0 radical (unpaired) electrons. The number of hydroxylamine groups is 1. The quantitative estimate of drug-likeness (QED) is 0.427. The summed E-state index contributed by atoms with van der Waals surface area (Å²) in [5.41, 5.74) is 1.65. The first kappa shape index (κ1) is 13.3. The lowest BCUT2D eigenvalue weighted by molar-refractivity contribution is 0.120. The van der Waals surface area contributed by atoms with Crippen molar-refractivity contribution < 1.29 is 10.0 Å². The SMILES string of the molecule is CCC1(C)CC(NC(=O)NO)CC(C)(C)N1. The second-order valence-corrected chi connectivity index (χ2v) is 5.61. The number of carbonyl (C=O) groups is 1. The van der Waals surface area contributed by atoms with E-state index in [0.29, 0.717) is 0 Å². The third-order valence-corrected chi connectivity index (χ3v) is 3.31. The van der Waals surface area contributed by atoms with Gasteiger partial charge in [0.2, 0.25) is 0 Å². The first-order valence-electron chi connectivity index (χ1n) is 5.80. The lowest BCUT2D eigenvalue weighted by Gasteiger charge is -2.48. The molecule has 0 saturated carbocycles. The average molecular weight is 229 g/mol. The van der Waals surface area contributed by atoms with Gasteiger partial charge in [-0.25, -0.2) is 10.3 Å². The van der Waals surface area contributed by atoms with Crippen LogP contribution in [0.1, 0.15) is 47.0 Å². The summed E-state index contributed by atoms with van der Waals surface area (Å²) < 4.78 is 0. The van der Waals surface area contributed by atoms with Crippen molar-refractivity contribution >= 4 is 6.03 Å². The van der Waals surface area contributed by atoms with E-state index in [-0.39, 0.29) is 17.1 Å². The van der Waals surface area contributed by atoms with Crippen LogP contribution in [0.3, 0.4) is 0 Å². The summed E-state index contributed by atoms with van der Waals surface area (Å²) in [5, 5.41) is 14.9. The molecule has 0 aromatic rings. The van der Waals surface area contributed by atoms with E-state index < -0.39 is 6.03 Å². The number of hydrogen-bond acceptors (Lipinski definition) is 3. The molecule has 0 bridgehead atoms. The van der Waals surface area contributed by atoms with E-state index in [1.54, 1.807) is 5.48 Å². The van der Waals surface area contributed by atoms with Gasteiger partial charge in [-0.1, -0.05) is 6.92 Å². The first-order valence-corrected chi connectivity index (χ1v) is 5.80. The number of hydrogen-bond donors (Lipinski definition) is 4. The molecule has 1 fully saturated rings. The van der Waals surface area contributed by atoms with E-state index in [4.69, 9.17) is 5.21 Å². The Morgan fingerprint density at radius 1 is 1.44 bits per heavy atom. The van der Waals surface area contributed by atoms with E-state index in [2.05, 4.69) is 38.3 Å². The molecule has 0 aliphatic carbocycles. The molecule has 4 N–H and O–H groups in total. The zero-order chi connectivity index (χ0) is 12.4. The van der Waals surface area contributed by atoms with Gasteiger partial charge in [-0.2, -0.15) is 0 Å². The smallest absolute Gasteiger partial charge is 0.334 e. The Morgan fingerprint density at radius 2 is 2.06 bits per heavy atom. The predicted octanol–water partition coefficient (Wildman–Crippen LogP) is 1.37. The Morgan fingerprint density at radius 3 is 2.56 bits per heavy atom. The molecule has 1 rings (SSSR count). The maximum Gasteiger partial charge on any atom is 0.338 e. The molecule has 1 aliphatic heterocycles. The monoisotopic (exact) mass is 229 g/mol. The van der Waals surface area contributed by atoms with Gasteiger partial charge in [-0.15, -0.1) is 0 Å².